The van der Waals surface area contributed by atoms with E-state index in [0.29, 0.717) is 0 Å². The minimum Gasteiger partial charge on any atom is -0.396 e. The Labute approximate surface area is 79.6 Å². The number of benzene rings is 1. The first kappa shape index (κ1) is 10.1. The van der Waals surface area contributed by atoms with Crippen LogP contribution in [-0.2, 0) is 6.42 Å². The van der Waals surface area contributed by atoms with Gasteiger partial charge in [-0.15, -0.1) is 0 Å². The summed E-state index contributed by atoms with van der Waals surface area (Å²) < 4.78 is 0. The summed E-state index contributed by atoms with van der Waals surface area (Å²) in [6.45, 7) is 3.23. The third-order valence-electron chi connectivity index (χ3n) is 2.00. The number of aliphatic hydroxyl groups excluding tert-OH is 1. The number of nitrogens with one attached hydrogen (secondary N) is 1. The maximum atomic E-state index is 8.61. The molecule has 2 heteroatoms. The van der Waals surface area contributed by atoms with Crippen LogP contribution in [0, 0.1) is 0 Å². The molecule has 0 aliphatic rings. The zero-order valence-corrected chi connectivity index (χ0v) is 8.09. The van der Waals surface area contributed by atoms with Gasteiger partial charge in [-0.25, -0.2) is 0 Å². The normalized spacial score (nSPS) is 10.0. The molecule has 0 saturated carbocycles. The molecule has 1 rings (SSSR count). The van der Waals surface area contributed by atoms with E-state index in [2.05, 4.69) is 36.5 Å². The molecule has 0 amide bonds. The Morgan fingerprint density at radius 3 is 2.92 bits per heavy atom. The average Bonchev–Trinajstić information content (AvgIpc) is 2.19. The molecule has 1 aromatic carbocycles. The first-order chi connectivity index (χ1) is 6.36. The van der Waals surface area contributed by atoms with Crippen molar-refractivity contribution in [3.05, 3.63) is 29.8 Å². The Morgan fingerprint density at radius 1 is 1.38 bits per heavy atom. The predicted molar refractivity (Wildman–Crippen MR) is 56.0 cm³/mol. The maximum Gasteiger partial charge on any atom is 0.0447 e. The molecule has 0 aliphatic heterocycles. The van der Waals surface area contributed by atoms with Gasteiger partial charge in [-0.2, -0.15) is 0 Å². The van der Waals surface area contributed by atoms with Gasteiger partial charge in [-0.05, 0) is 30.5 Å². The molecule has 1 aromatic rings. The second kappa shape index (κ2) is 5.60. The molecule has 0 unspecified atom stereocenters. The van der Waals surface area contributed by atoms with Crippen LogP contribution in [-0.4, -0.2) is 18.3 Å². The molecule has 2 N–H and O–H groups in total. The molecule has 0 aliphatic carbocycles. The number of aryl methyl sites for hydroxylation is 1. The molecule has 0 fully saturated rings. The highest BCUT2D eigenvalue weighted by atomic mass is 16.3. The van der Waals surface area contributed by atoms with Crippen LogP contribution < -0.4 is 5.32 Å². The van der Waals surface area contributed by atoms with Gasteiger partial charge in [-0.3, -0.25) is 0 Å². The van der Waals surface area contributed by atoms with E-state index in [1.54, 1.807) is 0 Å². The van der Waals surface area contributed by atoms with Crippen LogP contribution in [0.5, 0.6) is 0 Å². The van der Waals surface area contributed by atoms with Crippen LogP contribution in [0.1, 0.15) is 18.9 Å². The van der Waals surface area contributed by atoms with Crippen LogP contribution in [0.2, 0.25) is 0 Å². The predicted octanol–water partition coefficient (Wildman–Crippen LogP) is 2.04. The summed E-state index contributed by atoms with van der Waals surface area (Å²) in [5, 5.41) is 11.9. The Morgan fingerprint density at radius 2 is 2.23 bits per heavy atom. The number of anilines is 1. The highest BCUT2D eigenvalue weighted by Gasteiger charge is 1.92. The maximum absolute atomic E-state index is 8.61. The van der Waals surface area contributed by atoms with Gasteiger partial charge in [0.2, 0.25) is 0 Å². The molecule has 0 radical (unpaired) electrons. The van der Waals surface area contributed by atoms with Crippen molar-refractivity contribution < 1.29 is 5.11 Å². The van der Waals surface area contributed by atoms with Crippen LogP contribution in [0.25, 0.3) is 0 Å². The molecule has 72 valence electrons. The monoisotopic (exact) mass is 179 g/mol. The second-order valence-corrected chi connectivity index (χ2v) is 3.06. The van der Waals surface area contributed by atoms with E-state index >= 15 is 0 Å². The number of rotatable bonds is 5. The quantitative estimate of drug-likeness (QED) is 0.678. The summed E-state index contributed by atoms with van der Waals surface area (Å²) in [6.07, 6.45) is 1.87. The second-order valence-electron chi connectivity index (χ2n) is 3.06. The van der Waals surface area contributed by atoms with Crippen molar-refractivity contribution >= 4 is 5.69 Å². The van der Waals surface area contributed by atoms with Crippen LogP contribution in [0.3, 0.4) is 0 Å². The van der Waals surface area contributed by atoms with Gasteiger partial charge < -0.3 is 10.4 Å². The zero-order chi connectivity index (χ0) is 9.52. The fourth-order valence-electron chi connectivity index (χ4n) is 1.21. The summed E-state index contributed by atoms with van der Waals surface area (Å²) in [6, 6.07) is 8.38. The highest BCUT2D eigenvalue weighted by molar-refractivity contribution is 5.45. The first-order valence-electron chi connectivity index (χ1n) is 4.80. The summed E-state index contributed by atoms with van der Waals surface area (Å²) in [5.74, 6) is 0. The lowest BCUT2D eigenvalue weighted by atomic mass is 10.1. The topological polar surface area (TPSA) is 32.3 Å². The lowest BCUT2D eigenvalue weighted by Crippen LogP contribution is -2.03. The van der Waals surface area contributed by atoms with Crippen LogP contribution >= 0.6 is 0 Å². The van der Waals surface area contributed by atoms with E-state index in [4.69, 9.17) is 5.11 Å². The third-order valence-corrected chi connectivity index (χ3v) is 2.00. The lowest BCUT2D eigenvalue weighted by Gasteiger charge is -2.06. The summed E-state index contributed by atoms with van der Waals surface area (Å²) in [4.78, 5) is 0. The minimum absolute atomic E-state index is 0.250. The molecule has 0 heterocycles. The molecule has 0 bridgehead atoms. The van der Waals surface area contributed by atoms with E-state index < -0.39 is 0 Å². The number of hydrogen-bond donors (Lipinski definition) is 2. The molecular formula is C11H17NO. The smallest absolute Gasteiger partial charge is 0.0447 e. The van der Waals surface area contributed by atoms with E-state index in [1.807, 2.05) is 0 Å². The summed E-state index contributed by atoms with van der Waals surface area (Å²) in [5.41, 5.74) is 2.49. The van der Waals surface area contributed by atoms with Crippen molar-refractivity contribution in [3.63, 3.8) is 0 Å². The standard InChI is InChI=1S/C11H17NO/c1-2-10-5-3-6-11(9-10)12-7-4-8-13/h3,5-6,9,12-13H,2,4,7-8H2,1H3. The largest absolute Gasteiger partial charge is 0.396 e. The van der Waals surface area contributed by atoms with Gasteiger partial charge in [0, 0.05) is 18.8 Å². The molecule has 13 heavy (non-hydrogen) atoms. The van der Waals surface area contributed by atoms with Crippen molar-refractivity contribution in [2.24, 2.45) is 0 Å². The van der Waals surface area contributed by atoms with E-state index in [-0.39, 0.29) is 6.61 Å². The fourth-order valence-corrected chi connectivity index (χ4v) is 1.21. The Bertz CT molecular complexity index is 248. The van der Waals surface area contributed by atoms with Crippen molar-refractivity contribution in [2.75, 3.05) is 18.5 Å². The molecule has 0 atom stereocenters. The minimum atomic E-state index is 0.250. The van der Waals surface area contributed by atoms with E-state index in [9.17, 15) is 0 Å². The van der Waals surface area contributed by atoms with E-state index in [0.717, 1.165) is 25.1 Å². The Kier molecular flexibility index (Phi) is 4.33. The molecule has 0 saturated heterocycles. The highest BCUT2D eigenvalue weighted by Crippen LogP contribution is 2.10. The van der Waals surface area contributed by atoms with Crippen molar-refractivity contribution in [1.82, 2.24) is 0 Å². The van der Waals surface area contributed by atoms with Crippen molar-refractivity contribution in [3.8, 4) is 0 Å². The molecule has 2 nitrogen and oxygen atoms in total. The lowest BCUT2D eigenvalue weighted by molar-refractivity contribution is 0.292. The third kappa shape index (κ3) is 3.47. The van der Waals surface area contributed by atoms with Gasteiger partial charge >= 0.3 is 0 Å². The van der Waals surface area contributed by atoms with Gasteiger partial charge in [0.25, 0.3) is 0 Å². The first-order valence-corrected chi connectivity index (χ1v) is 4.80. The van der Waals surface area contributed by atoms with Gasteiger partial charge in [0.1, 0.15) is 0 Å². The number of aliphatic hydroxyl groups is 1. The fraction of sp³-hybridized carbons (Fsp3) is 0.455. The zero-order valence-electron chi connectivity index (χ0n) is 8.09. The number of hydrogen-bond acceptors (Lipinski definition) is 2. The van der Waals surface area contributed by atoms with E-state index in [1.165, 1.54) is 5.56 Å². The Hall–Kier alpha value is -1.02. The van der Waals surface area contributed by atoms with Crippen molar-refractivity contribution in [1.29, 1.82) is 0 Å². The van der Waals surface area contributed by atoms with Crippen molar-refractivity contribution in [2.45, 2.75) is 19.8 Å². The SMILES string of the molecule is CCc1cccc(NCCCO)c1. The van der Waals surface area contributed by atoms with Gasteiger partial charge in [-0.1, -0.05) is 19.1 Å². The summed E-state index contributed by atoms with van der Waals surface area (Å²) >= 11 is 0. The molecule has 0 aromatic heterocycles. The van der Waals surface area contributed by atoms with Crippen LogP contribution in [0.4, 0.5) is 5.69 Å². The van der Waals surface area contributed by atoms with Crippen LogP contribution in [0.15, 0.2) is 24.3 Å². The van der Waals surface area contributed by atoms with Gasteiger partial charge in [0.05, 0.1) is 0 Å². The van der Waals surface area contributed by atoms with Gasteiger partial charge in [0.15, 0.2) is 0 Å². The average molecular weight is 179 g/mol. The molecule has 0 spiro atoms. The summed E-state index contributed by atoms with van der Waals surface area (Å²) in [7, 11) is 0. The molecular weight excluding hydrogens is 162 g/mol. The Balaban J connectivity index is 2.46.